The van der Waals surface area contributed by atoms with Gasteiger partial charge in [0.2, 0.25) is 5.91 Å². The predicted molar refractivity (Wildman–Crippen MR) is 67.0 cm³/mol. The van der Waals surface area contributed by atoms with Gasteiger partial charge in [-0.3, -0.25) is 9.48 Å². The SMILES string of the molecule is CC(C(=O)Nc1ccc(C(F)(F)F)cc1)n1cccn1. The lowest BCUT2D eigenvalue weighted by molar-refractivity contribution is -0.137. The summed E-state index contributed by atoms with van der Waals surface area (Å²) in [5.74, 6) is -0.353. The van der Waals surface area contributed by atoms with E-state index in [4.69, 9.17) is 0 Å². The minimum Gasteiger partial charge on any atom is -0.324 e. The maximum atomic E-state index is 12.4. The van der Waals surface area contributed by atoms with E-state index in [-0.39, 0.29) is 5.91 Å². The molecule has 0 fully saturated rings. The highest BCUT2D eigenvalue weighted by Gasteiger charge is 2.30. The molecule has 106 valence electrons. The molecule has 1 amide bonds. The highest BCUT2D eigenvalue weighted by molar-refractivity contribution is 5.93. The molecule has 1 N–H and O–H groups in total. The summed E-state index contributed by atoms with van der Waals surface area (Å²) in [6, 6.07) is 5.42. The molecule has 0 bridgehead atoms. The summed E-state index contributed by atoms with van der Waals surface area (Å²) in [5, 5.41) is 6.47. The van der Waals surface area contributed by atoms with E-state index in [1.165, 1.54) is 16.8 Å². The quantitative estimate of drug-likeness (QED) is 0.940. The van der Waals surface area contributed by atoms with E-state index >= 15 is 0 Å². The molecule has 0 spiro atoms. The van der Waals surface area contributed by atoms with Gasteiger partial charge >= 0.3 is 6.18 Å². The zero-order chi connectivity index (χ0) is 14.8. The Balaban J connectivity index is 2.05. The molecule has 1 unspecified atom stereocenters. The van der Waals surface area contributed by atoms with Crippen molar-refractivity contribution in [2.75, 3.05) is 5.32 Å². The standard InChI is InChI=1S/C13H12F3N3O/c1-9(19-8-2-7-17-19)12(20)18-11-5-3-10(4-6-11)13(14,15)16/h2-9H,1H3,(H,18,20). The molecule has 0 saturated heterocycles. The Kier molecular flexibility index (Phi) is 3.78. The van der Waals surface area contributed by atoms with Crippen LogP contribution < -0.4 is 5.32 Å². The van der Waals surface area contributed by atoms with Crippen molar-refractivity contribution in [3.63, 3.8) is 0 Å². The van der Waals surface area contributed by atoms with E-state index in [0.29, 0.717) is 5.69 Å². The Morgan fingerprint density at radius 3 is 2.45 bits per heavy atom. The van der Waals surface area contributed by atoms with Crippen LogP contribution >= 0.6 is 0 Å². The van der Waals surface area contributed by atoms with Crippen LogP contribution in [0.25, 0.3) is 0 Å². The molecule has 1 heterocycles. The summed E-state index contributed by atoms with van der Waals surface area (Å²) >= 11 is 0. The number of carbonyl (C=O) groups excluding carboxylic acids is 1. The van der Waals surface area contributed by atoms with Crippen LogP contribution in [-0.2, 0) is 11.0 Å². The highest BCUT2D eigenvalue weighted by atomic mass is 19.4. The van der Waals surface area contributed by atoms with Crippen molar-refractivity contribution in [3.8, 4) is 0 Å². The Morgan fingerprint density at radius 1 is 1.30 bits per heavy atom. The van der Waals surface area contributed by atoms with Gasteiger partial charge in [-0.2, -0.15) is 18.3 Å². The summed E-state index contributed by atoms with van der Waals surface area (Å²) in [4.78, 5) is 11.9. The van der Waals surface area contributed by atoms with Gasteiger partial charge in [0.05, 0.1) is 5.56 Å². The molecule has 7 heteroatoms. The van der Waals surface area contributed by atoms with Gasteiger partial charge in [-0.05, 0) is 37.3 Å². The van der Waals surface area contributed by atoms with Gasteiger partial charge < -0.3 is 5.32 Å². The Labute approximate surface area is 113 Å². The van der Waals surface area contributed by atoms with Crippen LogP contribution in [-0.4, -0.2) is 15.7 Å². The third kappa shape index (κ3) is 3.17. The average molecular weight is 283 g/mol. The second-order valence-electron chi connectivity index (χ2n) is 4.23. The highest BCUT2D eigenvalue weighted by Crippen LogP contribution is 2.29. The normalized spacial score (nSPS) is 13.0. The van der Waals surface area contributed by atoms with Crippen LogP contribution in [0.15, 0.2) is 42.7 Å². The van der Waals surface area contributed by atoms with Crippen molar-refractivity contribution in [1.29, 1.82) is 0 Å². The summed E-state index contributed by atoms with van der Waals surface area (Å²) in [6.45, 7) is 1.65. The second-order valence-corrected chi connectivity index (χ2v) is 4.23. The molecular weight excluding hydrogens is 271 g/mol. The van der Waals surface area contributed by atoms with Gasteiger partial charge in [-0.25, -0.2) is 0 Å². The van der Waals surface area contributed by atoms with Crippen molar-refractivity contribution in [2.24, 2.45) is 0 Å². The maximum absolute atomic E-state index is 12.4. The molecule has 0 aliphatic rings. The van der Waals surface area contributed by atoms with Gasteiger partial charge in [0.25, 0.3) is 0 Å². The van der Waals surface area contributed by atoms with Crippen LogP contribution in [0.5, 0.6) is 0 Å². The Morgan fingerprint density at radius 2 is 1.95 bits per heavy atom. The van der Waals surface area contributed by atoms with Gasteiger partial charge in [-0.1, -0.05) is 0 Å². The third-order valence-corrected chi connectivity index (χ3v) is 2.78. The van der Waals surface area contributed by atoms with E-state index in [9.17, 15) is 18.0 Å². The number of carbonyl (C=O) groups is 1. The molecule has 0 aliphatic carbocycles. The Bertz CT molecular complexity index is 576. The molecule has 4 nitrogen and oxygen atoms in total. The lowest BCUT2D eigenvalue weighted by Crippen LogP contribution is -2.24. The third-order valence-electron chi connectivity index (χ3n) is 2.78. The molecule has 0 aliphatic heterocycles. The zero-order valence-corrected chi connectivity index (χ0v) is 10.6. The number of alkyl halides is 3. The lowest BCUT2D eigenvalue weighted by atomic mass is 10.2. The fourth-order valence-corrected chi connectivity index (χ4v) is 1.62. The van der Waals surface area contributed by atoms with Gasteiger partial charge in [0, 0.05) is 18.1 Å². The molecule has 2 rings (SSSR count). The van der Waals surface area contributed by atoms with Crippen LogP contribution in [0.4, 0.5) is 18.9 Å². The number of anilines is 1. The number of rotatable bonds is 3. The number of aromatic nitrogens is 2. The second kappa shape index (κ2) is 5.36. The first kappa shape index (κ1) is 14.1. The first-order valence-electron chi connectivity index (χ1n) is 5.85. The topological polar surface area (TPSA) is 46.9 Å². The van der Waals surface area contributed by atoms with Crippen LogP contribution in [0.3, 0.4) is 0 Å². The summed E-state index contributed by atoms with van der Waals surface area (Å²) in [5.41, 5.74) is -0.447. The first-order valence-corrected chi connectivity index (χ1v) is 5.85. The largest absolute Gasteiger partial charge is 0.416 e. The van der Waals surface area contributed by atoms with Crippen LogP contribution in [0, 0.1) is 0 Å². The molecule has 1 atom stereocenters. The van der Waals surface area contributed by atoms with E-state index in [0.717, 1.165) is 12.1 Å². The number of hydrogen-bond donors (Lipinski definition) is 1. The van der Waals surface area contributed by atoms with Crippen molar-refractivity contribution in [1.82, 2.24) is 9.78 Å². The Hall–Kier alpha value is -2.31. The number of nitrogens with zero attached hydrogens (tertiary/aromatic N) is 2. The van der Waals surface area contributed by atoms with Gasteiger partial charge in [-0.15, -0.1) is 0 Å². The molecular formula is C13H12F3N3O. The van der Waals surface area contributed by atoms with Crippen molar-refractivity contribution < 1.29 is 18.0 Å². The number of amides is 1. The average Bonchev–Trinajstić information content (AvgIpc) is 2.91. The molecule has 0 radical (unpaired) electrons. The lowest BCUT2D eigenvalue weighted by Gasteiger charge is -2.13. The monoisotopic (exact) mass is 283 g/mol. The minimum atomic E-state index is -4.38. The summed E-state index contributed by atoms with van der Waals surface area (Å²) in [6.07, 6.45) is -1.20. The molecule has 20 heavy (non-hydrogen) atoms. The smallest absolute Gasteiger partial charge is 0.324 e. The first-order chi connectivity index (χ1) is 9.38. The summed E-state index contributed by atoms with van der Waals surface area (Å²) < 4.78 is 38.6. The van der Waals surface area contributed by atoms with Crippen molar-refractivity contribution in [2.45, 2.75) is 19.1 Å². The number of hydrogen-bond acceptors (Lipinski definition) is 2. The van der Waals surface area contributed by atoms with E-state index in [1.807, 2.05) is 0 Å². The van der Waals surface area contributed by atoms with Crippen LogP contribution in [0.1, 0.15) is 18.5 Å². The molecule has 1 aromatic heterocycles. The number of halogens is 3. The van der Waals surface area contributed by atoms with Gasteiger partial charge in [0.1, 0.15) is 6.04 Å². The predicted octanol–water partition coefficient (Wildman–Crippen LogP) is 3.10. The van der Waals surface area contributed by atoms with Crippen molar-refractivity contribution in [3.05, 3.63) is 48.3 Å². The van der Waals surface area contributed by atoms with Crippen LogP contribution in [0.2, 0.25) is 0 Å². The molecule has 1 aromatic carbocycles. The van der Waals surface area contributed by atoms with Crippen molar-refractivity contribution >= 4 is 11.6 Å². The number of nitrogens with one attached hydrogen (secondary N) is 1. The molecule has 2 aromatic rings. The fraction of sp³-hybridized carbons (Fsp3) is 0.231. The number of benzene rings is 1. The summed E-state index contributed by atoms with van der Waals surface area (Å²) in [7, 11) is 0. The van der Waals surface area contributed by atoms with E-state index < -0.39 is 17.8 Å². The van der Waals surface area contributed by atoms with E-state index in [1.54, 1.807) is 25.4 Å². The van der Waals surface area contributed by atoms with Gasteiger partial charge in [0.15, 0.2) is 0 Å². The maximum Gasteiger partial charge on any atom is 0.416 e. The molecule has 0 saturated carbocycles. The van der Waals surface area contributed by atoms with E-state index in [2.05, 4.69) is 10.4 Å². The fourth-order valence-electron chi connectivity index (χ4n) is 1.62. The zero-order valence-electron chi connectivity index (χ0n) is 10.6. The minimum absolute atomic E-state index is 0.307.